The van der Waals surface area contributed by atoms with E-state index in [1.54, 1.807) is 0 Å². The van der Waals surface area contributed by atoms with Gasteiger partial charge in [-0.3, -0.25) is 10.1 Å². The molecular weight excluding hydrogens is 178 g/mol. The molecule has 2 heterocycles. The first-order valence-corrected chi connectivity index (χ1v) is 5.24. The molecule has 80 valence electrons. The van der Waals surface area contributed by atoms with Gasteiger partial charge in [0.2, 0.25) is 5.91 Å². The molecule has 0 bridgehead atoms. The molecule has 0 aliphatic carbocycles. The first-order valence-electron chi connectivity index (χ1n) is 5.24. The monoisotopic (exact) mass is 197 g/mol. The summed E-state index contributed by atoms with van der Waals surface area (Å²) in [6, 6.07) is 0. The maximum Gasteiger partial charge on any atom is 0.237 e. The number of primary amides is 1. The van der Waals surface area contributed by atoms with Crippen molar-refractivity contribution < 1.29 is 4.79 Å². The highest BCUT2D eigenvalue weighted by Crippen LogP contribution is 2.36. The largest absolute Gasteiger partial charge is 0.368 e. The molecule has 0 saturated carbocycles. The third-order valence-corrected chi connectivity index (χ3v) is 3.73. The maximum absolute atomic E-state index is 11.3. The van der Waals surface area contributed by atoms with Gasteiger partial charge in [0.15, 0.2) is 0 Å². The van der Waals surface area contributed by atoms with E-state index < -0.39 is 5.54 Å². The molecule has 2 atom stereocenters. The fraction of sp³-hybridized carbons (Fsp3) is 0.900. The van der Waals surface area contributed by atoms with Gasteiger partial charge in [0.25, 0.3) is 0 Å². The van der Waals surface area contributed by atoms with Crippen LogP contribution in [0.1, 0.15) is 26.2 Å². The lowest BCUT2D eigenvalue weighted by atomic mass is 9.96. The quantitative estimate of drug-likeness (QED) is 0.606. The fourth-order valence-electron chi connectivity index (χ4n) is 2.77. The second-order valence-corrected chi connectivity index (χ2v) is 5.09. The van der Waals surface area contributed by atoms with Crippen LogP contribution in [0.3, 0.4) is 0 Å². The Balaban J connectivity index is 2.11. The first-order chi connectivity index (χ1) is 6.46. The van der Waals surface area contributed by atoms with Crippen molar-refractivity contribution in [1.29, 1.82) is 0 Å². The highest BCUT2D eigenvalue weighted by Gasteiger charge is 2.50. The molecule has 0 aromatic heterocycles. The minimum absolute atomic E-state index is 0.151. The van der Waals surface area contributed by atoms with Gasteiger partial charge >= 0.3 is 0 Å². The predicted molar refractivity (Wildman–Crippen MR) is 54.8 cm³/mol. The molecule has 3 N–H and O–H groups in total. The van der Waals surface area contributed by atoms with Crippen LogP contribution in [0.2, 0.25) is 0 Å². The van der Waals surface area contributed by atoms with Crippen molar-refractivity contribution in [2.45, 2.75) is 37.3 Å². The molecule has 14 heavy (non-hydrogen) atoms. The summed E-state index contributed by atoms with van der Waals surface area (Å²) in [5.41, 5.74) is 5.07. The van der Waals surface area contributed by atoms with Gasteiger partial charge in [-0.2, -0.15) is 0 Å². The summed E-state index contributed by atoms with van der Waals surface area (Å²) in [7, 11) is 2.12. The zero-order valence-electron chi connectivity index (χ0n) is 8.97. The van der Waals surface area contributed by atoms with Crippen molar-refractivity contribution in [3.63, 3.8) is 0 Å². The molecule has 2 rings (SSSR count). The van der Waals surface area contributed by atoms with Crippen molar-refractivity contribution in [3.05, 3.63) is 0 Å². The summed E-state index contributed by atoms with van der Waals surface area (Å²) in [6.45, 7) is 4.07. The summed E-state index contributed by atoms with van der Waals surface area (Å²) >= 11 is 0. The zero-order valence-corrected chi connectivity index (χ0v) is 8.97. The van der Waals surface area contributed by atoms with E-state index in [2.05, 4.69) is 17.3 Å². The standard InChI is InChI=1S/C10H19N3O/c1-9(8(11)14)3-4-10(12-9)5-6-13(2)7-10/h12H,3-7H2,1-2H3,(H2,11,14). The Morgan fingerprint density at radius 2 is 2.14 bits per heavy atom. The van der Waals surface area contributed by atoms with Crippen LogP contribution in [-0.4, -0.2) is 42.0 Å². The third-order valence-electron chi connectivity index (χ3n) is 3.73. The number of likely N-dealkylation sites (N-methyl/N-ethyl adjacent to an activating group) is 1. The highest BCUT2D eigenvalue weighted by atomic mass is 16.1. The summed E-state index contributed by atoms with van der Waals surface area (Å²) in [6.07, 6.45) is 3.07. The topological polar surface area (TPSA) is 58.4 Å². The first kappa shape index (κ1) is 9.93. The Morgan fingerprint density at radius 3 is 2.57 bits per heavy atom. The summed E-state index contributed by atoms with van der Waals surface area (Å²) in [5, 5.41) is 3.46. The van der Waals surface area contributed by atoms with Crippen LogP contribution >= 0.6 is 0 Å². The lowest BCUT2D eigenvalue weighted by Crippen LogP contribution is -2.56. The van der Waals surface area contributed by atoms with Gasteiger partial charge in [0.1, 0.15) is 0 Å². The SMILES string of the molecule is CN1CCC2(CCC(C)(C(N)=O)N2)C1. The van der Waals surface area contributed by atoms with Gasteiger partial charge in [-0.25, -0.2) is 0 Å². The van der Waals surface area contributed by atoms with E-state index in [0.29, 0.717) is 0 Å². The molecule has 0 aromatic carbocycles. The molecule has 0 aromatic rings. The van der Waals surface area contributed by atoms with Crippen LogP contribution in [0.4, 0.5) is 0 Å². The van der Waals surface area contributed by atoms with Gasteiger partial charge in [-0.1, -0.05) is 0 Å². The van der Waals surface area contributed by atoms with Gasteiger partial charge in [0, 0.05) is 12.1 Å². The van der Waals surface area contributed by atoms with Crippen LogP contribution in [0.15, 0.2) is 0 Å². The number of nitrogens with one attached hydrogen (secondary N) is 1. The average molecular weight is 197 g/mol. The van der Waals surface area contributed by atoms with Crippen LogP contribution in [-0.2, 0) is 4.79 Å². The second kappa shape index (κ2) is 2.94. The Kier molecular flexibility index (Phi) is 2.08. The number of hydrogen-bond acceptors (Lipinski definition) is 3. The molecule has 4 nitrogen and oxygen atoms in total. The lowest BCUT2D eigenvalue weighted by Gasteiger charge is -2.28. The van der Waals surface area contributed by atoms with Gasteiger partial charge in [-0.05, 0) is 39.8 Å². The number of carbonyl (C=O) groups excluding carboxylic acids is 1. The molecule has 2 unspecified atom stereocenters. The number of nitrogens with zero attached hydrogens (tertiary/aromatic N) is 1. The molecule has 0 radical (unpaired) electrons. The molecule has 2 aliphatic rings. The molecule has 2 saturated heterocycles. The number of hydrogen-bond donors (Lipinski definition) is 2. The van der Waals surface area contributed by atoms with E-state index in [1.807, 2.05) is 6.92 Å². The molecule has 4 heteroatoms. The number of likely N-dealkylation sites (tertiary alicyclic amines) is 1. The second-order valence-electron chi connectivity index (χ2n) is 5.09. The number of amides is 1. The summed E-state index contributed by atoms with van der Waals surface area (Å²) in [4.78, 5) is 13.6. The van der Waals surface area contributed by atoms with E-state index in [4.69, 9.17) is 5.73 Å². The number of nitrogens with two attached hydrogens (primary N) is 1. The van der Waals surface area contributed by atoms with E-state index >= 15 is 0 Å². The Labute approximate surface area is 84.8 Å². The summed E-state index contributed by atoms with van der Waals surface area (Å²) < 4.78 is 0. The smallest absolute Gasteiger partial charge is 0.237 e. The van der Waals surface area contributed by atoms with Crippen molar-refractivity contribution in [2.24, 2.45) is 5.73 Å². The fourth-order valence-corrected chi connectivity index (χ4v) is 2.77. The minimum atomic E-state index is -0.481. The molecular formula is C10H19N3O. The summed E-state index contributed by atoms with van der Waals surface area (Å²) in [5.74, 6) is -0.219. The van der Waals surface area contributed by atoms with Gasteiger partial charge < -0.3 is 10.6 Å². The highest BCUT2D eigenvalue weighted by molar-refractivity contribution is 5.84. The third kappa shape index (κ3) is 1.42. The zero-order chi connectivity index (χ0) is 10.4. The van der Waals surface area contributed by atoms with Crippen LogP contribution < -0.4 is 11.1 Å². The van der Waals surface area contributed by atoms with Gasteiger partial charge in [-0.15, -0.1) is 0 Å². The molecule has 2 fully saturated rings. The average Bonchev–Trinajstić information content (AvgIpc) is 2.60. The van der Waals surface area contributed by atoms with Crippen molar-refractivity contribution in [2.75, 3.05) is 20.1 Å². The van der Waals surface area contributed by atoms with E-state index in [0.717, 1.165) is 32.4 Å². The van der Waals surface area contributed by atoms with Crippen molar-refractivity contribution in [3.8, 4) is 0 Å². The van der Waals surface area contributed by atoms with E-state index in [9.17, 15) is 4.79 Å². The van der Waals surface area contributed by atoms with Crippen LogP contribution in [0.5, 0.6) is 0 Å². The van der Waals surface area contributed by atoms with Crippen molar-refractivity contribution >= 4 is 5.91 Å². The Bertz CT molecular complexity index is 268. The van der Waals surface area contributed by atoms with Crippen LogP contribution in [0.25, 0.3) is 0 Å². The normalized spacial score (nSPS) is 43.6. The number of carbonyl (C=O) groups is 1. The molecule has 1 spiro atoms. The molecule has 2 aliphatic heterocycles. The van der Waals surface area contributed by atoms with E-state index in [1.165, 1.54) is 0 Å². The number of rotatable bonds is 1. The minimum Gasteiger partial charge on any atom is -0.368 e. The van der Waals surface area contributed by atoms with Crippen LogP contribution in [0, 0.1) is 0 Å². The van der Waals surface area contributed by atoms with E-state index in [-0.39, 0.29) is 11.4 Å². The lowest BCUT2D eigenvalue weighted by molar-refractivity contribution is -0.123. The Morgan fingerprint density at radius 1 is 1.43 bits per heavy atom. The van der Waals surface area contributed by atoms with Gasteiger partial charge in [0.05, 0.1) is 5.54 Å². The van der Waals surface area contributed by atoms with Crippen molar-refractivity contribution in [1.82, 2.24) is 10.2 Å². The Hall–Kier alpha value is -0.610. The predicted octanol–water partition coefficient (Wildman–Crippen LogP) is -0.312. The molecule has 1 amide bonds. The maximum atomic E-state index is 11.3.